The summed E-state index contributed by atoms with van der Waals surface area (Å²) in [6.07, 6.45) is -1.76. The van der Waals surface area contributed by atoms with E-state index in [1.807, 2.05) is 18.4 Å². The Morgan fingerprint density at radius 1 is 0.974 bits per heavy atom. The number of hydrogen-bond acceptors (Lipinski definition) is 10. The molecule has 0 amide bonds. The van der Waals surface area contributed by atoms with Gasteiger partial charge in [-0.2, -0.15) is 13.2 Å². The van der Waals surface area contributed by atoms with E-state index >= 15 is 0 Å². The van der Waals surface area contributed by atoms with Crippen molar-refractivity contribution in [3.8, 4) is 11.5 Å². The lowest BCUT2D eigenvalue weighted by atomic mass is 10.2. The van der Waals surface area contributed by atoms with Crippen LogP contribution >= 0.6 is 11.8 Å². The van der Waals surface area contributed by atoms with E-state index in [4.69, 9.17) is 19.4 Å². The number of alkyl halides is 3. The Balaban J connectivity index is 0.000000638. The molecule has 0 saturated carbocycles. The standard InChI is InChI=1S/C20H23N5O4S2.C2HF3O2/c1-21-31(26,27)16-5-6-18(30-4)17(10-16)25-20-11-19(22-12-23-20)24-13-7-14(28-2)9-15(8-13)29-3;3-2(4,5)1(6)7/h5-12,21H,1-4H3,(H2,22,23,24,25);(H,6,7). The zero-order valence-electron chi connectivity index (χ0n) is 20.5. The predicted octanol–water partition coefficient (Wildman–Crippen LogP) is 4.24. The molecule has 0 atom stereocenters. The molecule has 16 heteroatoms. The van der Waals surface area contributed by atoms with Crippen molar-refractivity contribution in [1.29, 1.82) is 0 Å². The van der Waals surface area contributed by atoms with Crippen LogP contribution in [0.4, 0.5) is 36.2 Å². The van der Waals surface area contributed by atoms with Gasteiger partial charge in [0.2, 0.25) is 10.0 Å². The summed E-state index contributed by atoms with van der Waals surface area (Å²) < 4.78 is 69.0. The molecule has 206 valence electrons. The number of carboxylic acid groups (broad SMARTS) is 1. The van der Waals surface area contributed by atoms with Gasteiger partial charge in [-0.3, -0.25) is 0 Å². The Bertz CT molecular complexity index is 1350. The number of halogens is 3. The fraction of sp³-hybridized carbons (Fsp3) is 0.227. The Morgan fingerprint density at radius 3 is 2.00 bits per heavy atom. The average Bonchev–Trinajstić information content (AvgIpc) is 2.88. The number of nitrogens with one attached hydrogen (secondary N) is 3. The first-order valence-electron chi connectivity index (χ1n) is 10.3. The van der Waals surface area contributed by atoms with Crippen LogP contribution in [0.2, 0.25) is 0 Å². The highest BCUT2D eigenvalue weighted by molar-refractivity contribution is 7.98. The van der Waals surface area contributed by atoms with Gasteiger partial charge in [0.25, 0.3) is 0 Å². The lowest BCUT2D eigenvalue weighted by Gasteiger charge is -2.13. The van der Waals surface area contributed by atoms with Gasteiger partial charge in [-0.05, 0) is 31.5 Å². The molecule has 11 nitrogen and oxygen atoms in total. The summed E-state index contributed by atoms with van der Waals surface area (Å²) in [6, 6.07) is 12.0. The Kier molecular flexibility index (Phi) is 10.5. The predicted molar refractivity (Wildman–Crippen MR) is 136 cm³/mol. The van der Waals surface area contributed by atoms with Crippen molar-refractivity contribution in [2.24, 2.45) is 0 Å². The minimum atomic E-state index is -5.08. The molecule has 0 unspecified atom stereocenters. The van der Waals surface area contributed by atoms with E-state index in [2.05, 4.69) is 25.3 Å². The van der Waals surface area contributed by atoms with Crippen LogP contribution in [0, 0.1) is 0 Å². The minimum Gasteiger partial charge on any atom is -0.497 e. The van der Waals surface area contributed by atoms with E-state index in [9.17, 15) is 21.6 Å². The van der Waals surface area contributed by atoms with Crippen LogP contribution in [-0.2, 0) is 14.8 Å². The number of aromatic nitrogens is 2. The van der Waals surface area contributed by atoms with E-state index in [0.29, 0.717) is 28.8 Å². The Morgan fingerprint density at radius 2 is 1.53 bits per heavy atom. The molecular weight excluding hydrogens is 551 g/mol. The number of thioether (sulfide) groups is 1. The maximum Gasteiger partial charge on any atom is 0.490 e. The molecule has 0 radical (unpaired) electrons. The topological polar surface area (TPSA) is 152 Å². The van der Waals surface area contributed by atoms with E-state index in [0.717, 1.165) is 10.6 Å². The summed E-state index contributed by atoms with van der Waals surface area (Å²) in [7, 11) is 0.968. The molecule has 0 saturated heterocycles. The molecule has 3 rings (SSSR count). The van der Waals surface area contributed by atoms with Gasteiger partial charge in [-0.25, -0.2) is 27.9 Å². The van der Waals surface area contributed by atoms with Gasteiger partial charge in [0.1, 0.15) is 29.5 Å². The first-order valence-corrected chi connectivity index (χ1v) is 13.0. The van der Waals surface area contributed by atoms with E-state index < -0.39 is 22.2 Å². The Labute approximate surface area is 220 Å². The highest BCUT2D eigenvalue weighted by Crippen LogP contribution is 2.31. The number of hydrogen-bond donors (Lipinski definition) is 4. The number of ether oxygens (including phenoxy) is 2. The van der Waals surface area contributed by atoms with Crippen LogP contribution in [0.5, 0.6) is 11.5 Å². The van der Waals surface area contributed by atoms with Crippen molar-refractivity contribution in [1.82, 2.24) is 14.7 Å². The minimum absolute atomic E-state index is 0.159. The highest BCUT2D eigenvalue weighted by atomic mass is 32.2. The largest absolute Gasteiger partial charge is 0.497 e. The molecule has 2 aromatic carbocycles. The quantitative estimate of drug-likeness (QED) is 0.271. The molecule has 1 heterocycles. The lowest BCUT2D eigenvalue weighted by Crippen LogP contribution is -2.21. The molecular formula is C22H24F3N5O6S2. The number of aliphatic carboxylic acids is 1. The van der Waals surface area contributed by atoms with Crippen molar-refractivity contribution >= 4 is 50.8 Å². The molecule has 4 N–H and O–H groups in total. The lowest BCUT2D eigenvalue weighted by molar-refractivity contribution is -0.192. The fourth-order valence-corrected chi connectivity index (χ4v) is 4.02. The number of sulfonamides is 1. The molecule has 0 aliphatic rings. The first-order chi connectivity index (χ1) is 17.8. The second kappa shape index (κ2) is 13.2. The maximum absolute atomic E-state index is 12.2. The monoisotopic (exact) mass is 575 g/mol. The van der Waals surface area contributed by atoms with Crippen molar-refractivity contribution in [3.63, 3.8) is 0 Å². The summed E-state index contributed by atoms with van der Waals surface area (Å²) in [6.45, 7) is 0. The van der Waals surface area contributed by atoms with Crippen molar-refractivity contribution in [2.45, 2.75) is 16.0 Å². The third-order valence-corrected chi connectivity index (χ3v) is 6.75. The summed E-state index contributed by atoms with van der Waals surface area (Å²) in [5, 5.41) is 13.5. The van der Waals surface area contributed by atoms with Gasteiger partial charge in [0, 0.05) is 34.8 Å². The van der Waals surface area contributed by atoms with Crippen LogP contribution in [0.15, 0.2) is 58.6 Å². The first kappa shape index (κ1) is 30.5. The fourth-order valence-electron chi connectivity index (χ4n) is 2.73. The molecule has 38 heavy (non-hydrogen) atoms. The van der Waals surface area contributed by atoms with Crippen molar-refractivity contribution < 1.29 is 41.0 Å². The number of benzene rings is 2. The number of rotatable bonds is 9. The highest BCUT2D eigenvalue weighted by Gasteiger charge is 2.38. The van der Waals surface area contributed by atoms with Crippen LogP contribution < -0.4 is 24.8 Å². The third kappa shape index (κ3) is 8.67. The Hall–Kier alpha value is -3.76. The van der Waals surface area contributed by atoms with Gasteiger partial charge in [0.15, 0.2) is 0 Å². The van der Waals surface area contributed by atoms with Gasteiger partial charge < -0.3 is 25.2 Å². The second-order valence-electron chi connectivity index (χ2n) is 7.01. The summed E-state index contributed by atoms with van der Waals surface area (Å²) in [4.78, 5) is 18.4. The summed E-state index contributed by atoms with van der Waals surface area (Å²) in [5.41, 5.74) is 1.35. The summed E-state index contributed by atoms with van der Waals surface area (Å²) in [5.74, 6) is -0.436. The molecule has 0 fully saturated rings. The summed E-state index contributed by atoms with van der Waals surface area (Å²) >= 11 is 1.49. The van der Waals surface area contributed by atoms with Gasteiger partial charge in [-0.15, -0.1) is 11.8 Å². The normalized spacial score (nSPS) is 11.1. The smallest absolute Gasteiger partial charge is 0.490 e. The van der Waals surface area contributed by atoms with Gasteiger partial charge in [-0.1, -0.05) is 0 Å². The van der Waals surface area contributed by atoms with Crippen molar-refractivity contribution in [2.75, 3.05) is 38.2 Å². The van der Waals surface area contributed by atoms with E-state index in [1.165, 1.54) is 25.1 Å². The zero-order valence-corrected chi connectivity index (χ0v) is 22.1. The average molecular weight is 576 g/mol. The SMILES string of the molecule is CNS(=O)(=O)c1ccc(SC)c(Nc2cc(Nc3cc(OC)cc(OC)c3)ncn2)c1.O=C(O)C(F)(F)F. The molecule has 3 aromatic rings. The van der Waals surface area contributed by atoms with Crippen LogP contribution in [-0.4, -0.2) is 63.2 Å². The van der Waals surface area contributed by atoms with Crippen LogP contribution in [0.1, 0.15) is 0 Å². The number of methoxy groups -OCH3 is 2. The number of carboxylic acids is 1. The number of anilines is 4. The molecule has 1 aromatic heterocycles. The van der Waals surface area contributed by atoms with Crippen LogP contribution in [0.3, 0.4) is 0 Å². The van der Waals surface area contributed by atoms with E-state index in [-0.39, 0.29) is 4.90 Å². The molecule has 0 aliphatic heterocycles. The van der Waals surface area contributed by atoms with Crippen molar-refractivity contribution in [3.05, 3.63) is 48.8 Å². The number of carbonyl (C=O) groups is 1. The zero-order chi connectivity index (χ0) is 28.5. The molecule has 0 bridgehead atoms. The maximum atomic E-state index is 12.2. The van der Waals surface area contributed by atoms with Gasteiger partial charge >= 0.3 is 12.1 Å². The number of nitrogens with zero attached hydrogens (tertiary/aromatic N) is 2. The second-order valence-corrected chi connectivity index (χ2v) is 9.75. The van der Waals surface area contributed by atoms with E-state index in [1.54, 1.807) is 44.6 Å². The third-order valence-electron chi connectivity index (χ3n) is 4.55. The van der Waals surface area contributed by atoms with Crippen LogP contribution in [0.25, 0.3) is 0 Å². The molecule has 0 aliphatic carbocycles. The molecule has 0 spiro atoms. The van der Waals surface area contributed by atoms with Gasteiger partial charge in [0.05, 0.1) is 24.8 Å².